The Hall–Kier alpha value is -3.48. The molecule has 2 aromatic heterocycles. The molecule has 4 rings (SSSR count). The van der Waals surface area contributed by atoms with Gasteiger partial charge in [0.05, 0.1) is 28.4 Å². The van der Waals surface area contributed by atoms with Gasteiger partial charge in [-0.05, 0) is 38.1 Å². The maximum Gasteiger partial charge on any atom is 0.272 e. The Morgan fingerprint density at radius 3 is 2.92 bits per heavy atom. The van der Waals surface area contributed by atoms with Gasteiger partial charge in [-0.3, -0.25) is 14.7 Å². The van der Waals surface area contributed by atoms with Crippen LogP contribution in [0.15, 0.2) is 47.4 Å². The molecule has 0 saturated carbocycles. The second-order valence-corrected chi connectivity index (χ2v) is 6.04. The van der Waals surface area contributed by atoms with Crippen LogP contribution in [0.1, 0.15) is 23.0 Å². The van der Waals surface area contributed by atoms with Crippen molar-refractivity contribution in [1.29, 1.82) is 0 Å². The van der Waals surface area contributed by atoms with Gasteiger partial charge in [-0.2, -0.15) is 5.10 Å². The molecule has 0 aliphatic rings. The Morgan fingerprint density at radius 1 is 1.27 bits per heavy atom. The first kappa shape index (κ1) is 16.0. The predicted octanol–water partition coefficient (Wildman–Crippen LogP) is 2.85. The summed E-state index contributed by atoms with van der Waals surface area (Å²) in [6.07, 6.45) is 1.71. The Morgan fingerprint density at radius 2 is 2.12 bits per heavy atom. The second kappa shape index (κ2) is 6.11. The summed E-state index contributed by atoms with van der Waals surface area (Å²) in [5.41, 5.74) is 3.55. The maximum absolute atomic E-state index is 12.7. The van der Waals surface area contributed by atoms with Crippen molar-refractivity contribution in [3.8, 4) is 0 Å². The molecule has 26 heavy (non-hydrogen) atoms. The normalized spacial score (nSPS) is 11.2. The highest BCUT2D eigenvalue weighted by molar-refractivity contribution is 6.09. The first-order valence-corrected chi connectivity index (χ1v) is 8.33. The minimum absolute atomic E-state index is 0.108. The molecule has 7 heteroatoms. The summed E-state index contributed by atoms with van der Waals surface area (Å²) in [7, 11) is 0. The zero-order valence-electron chi connectivity index (χ0n) is 14.4. The Bertz CT molecular complexity index is 1210. The van der Waals surface area contributed by atoms with E-state index in [1.807, 2.05) is 25.1 Å². The third kappa shape index (κ3) is 2.54. The first-order valence-electron chi connectivity index (χ1n) is 8.33. The Labute approximate surface area is 148 Å². The largest absolute Gasteiger partial charge is 0.320 e. The average Bonchev–Trinajstić information content (AvgIpc) is 3.12. The van der Waals surface area contributed by atoms with Gasteiger partial charge in [-0.1, -0.05) is 12.1 Å². The maximum atomic E-state index is 12.7. The highest BCUT2D eigenvalue weighted by Gasteiger charge is 2.13. The molecule has 0 aliphatic heterocycles. The van der Waals surface area contributed by atoms with Gasteiger partial charge in [-0.25, -0.2) is 4.98 Å². The van der Waals surface area contributed by atoms with Crippen LogP contribution in [0.5, 0.6) is 0 Å². The van der Waals surface area contributed by atoms with Crippen molar-refractivity contribution < 1.29 is 4.79 Å². The van der Waals surface area contributed by atoms with Crippen LogP contribution in [-0.4, -0.2) is 25.7 Å². The van der Waals surface area contributed by atoms with Crippen LogP contribution < -0.4 is 10.9 Å². The fourth-order valence-corrected chi connectivity index (χ4v) is 3.10. The van der Waals surface area contributed by atoms with Crippen molar-refractivity contribution in [3.63, 3.8) is 0 Å². The molecule has 0 fully saturated rings. The number of benzene rings is 2. The molecule has 0 bridgehead atoms. The number of aryl methyl sites for hydroxylation is 2. The van der Waals surface area contributed by atoms with E-state index in [9.17, 15) is 9.59 Å². The van der Waals surface area contributed by atoms with Gasteiger partial charge in [0.25, 0.3) is 11.5 Å². The molecule has 0 atom stereocenters. The van der Waals surface area contributed by atoms with Crippen LogP contribution in [0.25, 0.3) is 21.9 Å². The summed E-state index contributed by atoms with van der Waals surface area (Å²) in [5, 5.41) is 10.7. The number of anilines is 1. The van der Waals surface area contributed by atoms with Crippen LogP contribution in [0.4, 0.5) is 5.69 Å². The molecule has 7 nitrogen and oxygen atoms in total. The van der Waals surface area contributed by atoms with E-state index in [0.717, 1.165) is 16.4 Å². The number of para-hydroxylation sites is 1. The van der Waals surface area contributed by atoms with E-state index < -0.39 is 0 Å². The second-order valence-electron chi connectivity index (χ2n) is 6.04. The highest BCUT2D eigenvalue weighted by atomic mass is 16.1. The minimum atomic E-state index is -0.247. The number of aromatic nitrogens is 4. The van der Waals surface area contributed by atoms with Gasteiger partial charge in [0.2, 0.25) is 0 Å². The molecule has 1 amide bonds. The molecule has 2 heterocycles. The lowest BCUT2D eigenvalue weighted by molar-refractivity contribution is 0.102. The third-order valence-corrected chi connectivity index (χ3v) is 4.41. The molecule has 0 radical (unpaired) electrons. The van der Waals surface area contributed by atoms with Gasteiger partial charge < -0.3 is 9.88 Å². The van der Waals surface area contributed by atoms with Crippen LogP contribution in [0.3, 0.4) is 0 Å². The number of carbonyl (C=O) groups excluding carboxylic acids is 1. The van der Waals surface area contributed by atoms with Crippen molar-refractivity contribution >= 4 is 33.5 Å². The van der Waals surface area contributed by atoms with E-state index in [2.05, 4.69) is 20.5 Å². The van der Waals surface area contributed by atoms with Gasteiger partial charge in [0.1, 0.15) is 5.69 Å². The Kier molecular flexibility index (Phi) is 3.76. The zero-order chi connectivity index (χ0) is 18.3. The number of hydrogen-bond acceptors (Lipinski definition) is 4. The molecular weight excluding hydrogens is 330 g/mol. The number of fused-ring (bicyclic) bond motifs is 2. The smallest absolute Gasteiger partial charge is 0.272 e. The van der Waals surface area contributed by atoms with E-state index in [-0.39, 0.29) is 11.5 Å². The van der Waals surface area contributed by atoms with Crippen molar-refractivity contribution in [2.45, 2.75) is 20.4 Å². The zero-order valence-corrected chi connectivity index (χ0v) is 14.4. The fourth-order valence-electron chi connectivity index (χ4n) is 3.10. The van der Waals surface area contributed by atoms with Crippen molar-refractivity contribution in [1.82, 2.24) is 19.7 Å². The molecule has 4 aromatic rings. The van der Waals surface area contributed by atoms with E-state index in [0.29, 0.717) is 29.0 Å². The Balaban J connectivity index is 1.74. The summed E-state index contributed by atoms with van der Waals surface area (Å²) >= 11 is 0. The summed E-state index contributed by atoms with van der Waals surface area (Å²) < 4.78 is 1.66. The van der Waals surface area contributed by atoms with Crippen molar-refractivity contribution in [2.75, 3.05) is 5.32 Å². The monoisotopic (exact) mass is 347 g/mol. The SMILES string of the molecule is CCn1c(=O)c(C)nc2cc(C(=O)Nc3cccc4cn[nH]c34)ccc21. The fraction of sp³-hybridized carbons (Fsp3) is 0.158. The summed E-state index contributed by atoms with van der Waals surface area (Å²) in [5.74, 6) is -0.247. The number of H-pyrrole nitrogens is 1. The number of nitrogens with zero attached hydrogens (tertiary/aromatic N) is 3. The molecule has 130 valence electrons. The first-order chi connectivity index (χ1) is 12.6. The lowest BCUT2D eigenvalue weighted by atomic mass is 10.1. The summed E-state index contributed by atoms with van der Waals surface area (Å²) in [4.78, 5) is 29.2. The van der Waals surface area contributed by atoms with Crippen LogP contribution in [-0.2, 0) is 6.54 Å². The number of rotatable bonds is 3. The van der Waals surface area contributed by atoms with E-state index in [4.69, 9.17) is 0 Å². The van der Waals surface area contributed by atoms with E-state index >= 15 is 0 Å². The number of carbonyl (C=O) groups is 1. The average molecular weight is 347 g/mol. The molecule has 0 unspecified atom stereocenters. The van der Waals surface area contributed by atoms with Gasteiger partial charge in [-0.15, -0.1) is 0 Å². The topological polar surface area (TPSA) is 92.7 Å². The lowest BCUT2D eigenvalue weighted by Gasteiger charge is -2.10. The van der Waals surface area contributed by atoms with E-state index in [1.165, 1.54) is 0 Å². The molecule has 2 aromatic carbocycles. The van der Waals surface area contributed by atoms with Crippen LogP contribution in [0.2, 0.25) is 0 Å². The molecule has 0 saturated heterocycles. The van der Waals surface area contributed by atoms with Crippen LogP contribution in [0, 0.1) is 6.92 Å². The molecule has 2 N–H and O–H groups in total. The number of hydrogen-bond donors (Lipinski definition) is 2. The minimum Gasteiger partial charge on any atom is -0.320 e. The van der Waals surface area contributed by atoms with Gasteiger partial charge >= 0.3 is 0 Å². The summed E-state index contributed by atoms with van der Waals surface area (Å²) in [6, 6.07) is 10.8. The molecule has 0 aliphatic carbocycles. The highest BCUT2D eigenvalue weighted by Crippen LogP contribution is 2.22. The van der Waals surface area contributed by atoms with Crippen molar-refractivity contribution in [3.05, 3.63) is 64.2 Å². The number of nitrogens with one attached hydrogen (secondary N) is 2. The standard InChI is InChI=1S/C19H17N5O2/c1-3-24-16-8-7-12(9-15(16)21-11(2)19(24)26)18(25)22-14-6-4-5-13-10-20-23-17(13)14/h4-10H,3H2,1-2H3,(H,20,23)(H,22,25). The van der Waals surface area contributed by atoms with E-state index in [1.54, 1.807) is 35.9 Å². The molecule has 0 spiro atoms. The summed E-state index contributed by atoms with van der Waals surface area (Å²) in [6.45, 7) is 4.14. The third-order valence-electron chi connectivity index (χ3n) is 4.41. The lowest BCUT2D eigenvalue weighted by Crippen LogP contribution is -2.23. The number of amides is 1. The van der Waals surface area contributed by atoms with Gasteiger partial charge in [0, 0.05) is 17.5 Å². The molecular formula is C19H17N5O2. The predicted molar refractivity (Wildman–Crippen MR) is 100 cm³/mol. The number of aromatic amines is 1. The van der Waals surface area contributed by atoms with Gasteiger partial charge in [0.15, 0.2) is 0 Å². The van der Waals surface area contributed by atoms with Crippen LogP contribution >= 0.6 is 0 Å². The van der Waals surface area contributed by atoms with Crippen molar-refractivity contribution in [2.24, 2.45) is 0 Å². The quantitative estimate of drug-likeness (QED) is 0.596.